The van der Waals surface area contributed by atoms with Gasteiger partial charge in [0.25, 0.3) is 0 Å². The summed E-state index contributed by atoms with van der Waals surface area (Å²) in [4.78, 5) is 14.5. The first kappa shape index (κ1) is 20.5. The van der Waals surface area contributed by atoms with Gasteiger partial charge in [-0.1, -0.05) is 18.2 Å². The predicted octanol–water partition coefficient (Wildman–Crippen LogP) is 2.39. The SMILES string of the molecule is N#Cc1ccsc1NC(=O)CCN1CCC(NS(=O)(=O)c2ccccc2)CC1. The molecular formula is C19H22N4O3S2. The summed E-state index contributed by atoms with van der Waals surface area (Å²) in [5.74, 6) is -0.120. The molecule has 1 aromatic carbocycles. The van der Waals surface area contributed by atoms with Crippen LogP contribution in [0.5, 0.6) is 0 Å². The molecule has 1 fully saturated rings. The molecule has 0 saturated carbocycles. The molecule has 0 radical (unpaired) electrons. The maximum absolute atomic E-state index is 12.4. The van der Waals surface area contributed by atoms with E-state index < -0.39 is 10.0 Å². The maximum atomic E-state index is 12.4. The minimum atomic E-state index is -3.50. The van der Waals surface area contributed by atoms with Gasteiger partial charge in [0.15, 0.2) is 0 Å². The van der Waals surface area contributed by atoms with Crippen molar-refractivity contribution < 1.29 is 13.2 Å². The lowest BCUT2D eigenvalue weighted by Crippen LogP contribution is -2.45. The molecule has 3 rings (SSSR count). The predicted molar refractivity (Wildman–Crippen MR) is 109 cm³/mol. The van der Waals surface area contributed by atoms with Crippen LogP contribution in [0.15, 0.2) is 46.7 Å². The zero-order valence-electron chi connectivity index (χ0n) is 15.3. The van der Waals surface area contributed by atoms with Crippen molar-refractivity contribution in [2.45, 2.75) is 30.2 Å². The molecule has 7 nitrogen and oxygen atoms in total. The van der Waals surface area contributed by atoms with Crippen molar-refractivity contribution >= 4 is 32.3 Å². The van der Waals surface area contributed by atoms with Gasteiger partial charge < -0.3 is 10.2 Å². The van der Waals surface area contributed by atoms with Crippen molar-refractivity contribution in [2.24, 2.45) is 0 Å². The molecule has 0 spiro atoms. The number of piperidine rings is 1. The van der Waals surface area contributed by atoms with Gasteiger partial charge in [-0.05, 0) is 49.5 Å². The molecule has 0 atom stereocenters. The van der Waals surface area contributed by atoms with Crippen LogP contribution in [0.25, 0.3) is 0 Å². The zero-order valence-corrected chi connectivity index (χ0v) is 16.9. The third-order valence-corrected chi connectivity index (χ3v) is 7.02. The number of sulfonamides is 1. The van der Waals surface area contributed by atoms with Crippen LogP contribution < -0.4 is 10.0 Å². The van der Waals surface area contributed by atoms with Gasteiger partial charge in [0.1, 0.15) is 11.1 Å². The quantitative estimate of drug-likeness (QED) is 0.719. The minimum absolute atomic E-state index is 0.0976. The number of nitrogens with zero attached hydrogens (tertiary/aromatic N) is 2. The van der Waals surface area contributed by atoms with Crippen molar-refractivity contribution in [3.8, 4) is 6.07 Å². The normalized spacial score (nSPS) is 15.8. The first-order chi connectivity index (χ1) is 13.5. The number of carbonyl (C=O) groups is 1. The summed E-state index contributed by atoms with van der Waals surface area (Å²) in [7, 11) is -3.50. The molecule has 1 amide bonds. The fraction of sp³-hybridized carbons (Fsp3) is 0.368. The van der Waals surface area contributed by atoms with Gasteiger partial charge in [-0.3, -0.25) is 4.79 Å². The Morgan fingerprint density at radius 2 is 1.93 bits per heavy atom. The highest BCUT2D eigenvalue weighted by molar-refractivity contribution is 7.89. The molecule has 2 aromatic rings. The van der Waals surface area contributed by atoms with E-state index in [1.807, 2.05) is 0 Å². The highest BCUT2D eigenvalue weighted by Crippen LogP contribution is 2.22. The molecule has 0 bridgehead atoms. The Morgan fingerprint density at radius 3 is 2.61 bits per heavy atom. The van der Waals surface area contributed by atoms with E-state index in [4.69, 9.17) is 5.26 Å². The van der Waals surface area contributed by atoms with Crippen LogP contribution in [0.3, 0.4) is 0 Å². The van der Waals surface area contributed by atoms with E-state index in [9.17, 15) is 13.2 Å². The summed E-state index contributed by atoms with van der Waals surface area (Å²) in [6.45, 7) is 2.08. The van der Waals surface area contributed by atoms with Gasteiger partial charge in [-0.25, -0.2) is 13.1 Å². The molecule has 1 saturated heterocycles. The third-order valence-electron chi connectivity index (χ3n) is 4.66. The van der Waals surface area contributed by atoms with Gasteiger partial charge >= 0.3 is 0 Å². The summed E-state index contributed by atoms with van der Waals surface area (Å²) in [5.41, 5.74) is 0.477. The Balaban J connectivity index is 1.42. The molecule has 9 heteroatoms. The van der Waals surface area contributed by atoms with Gasteiger partial charge in [-0.15, -0.1) is 11.3 Å². The average Bonchev–Trinajstić information content (AvgIpc) is 3.15. The molecular weight excluding hydrogens is 396 g/mol. The van der Waals surface area contributed by atoms with Crippen LogP contribution in [0, 0.1) is 11.3 Å². The van der Waals surface area contributed by atoms with Crippen LogP contribution in [0.4, 0.5) is 5.00 Å². The lowest BCUT2D eigenvalue weighted by molar-refractivity contribution is -0.116. The number of hydrogen-bond acceptors (Lipinski definition) is 6. The largest absolute Gasteiger partial charge is 0.317 e. The first-order valence-corrected chi connectivity index (χ1v) is 11.4. The highest BCUT2D eigenvalue weighted by Gasteiger charge is 2.24. The van der Waals surface area contributed by atoms with Crippen LogP contribution in [0.1, 0.15) is 24.8 Å². The number of benzene rings is 1. The molecule has 1 aliphatic rings. The monoisotopic (exact) mass is 418 g/mol. The summed E-state index contributed by atoms with van der Waals surface area (Å²) in [6, 6.07) is 12.0. The van der Waals surface area contributed by atoms with Gasteiger partial charge in [0.05, 0.1) is 10.5 Å². The second-order valence-corrected chi connectivity index (χ2v) is 9.25. The Morgan fingerprint density at radius 1 is 1.21 bits per heavy atom. The second-order valence-electron chi connectivity index (χ2n) is 6.62. The molecule has 1 aliphatic heterocycles. The number of hydrogen-bond donors (Lipinski definition) is 2. The molecule has 2 heterocycles. The number of nitrogens with one attached hydrogen (secondary N) is 2. The average molecular weight is 419 g/mol. The van der Waals surface area contributed by atoms with Crippen molar-refractivity contribution in [1.82, 2.24) is 9.62 Å². The van der Waals surface area contributed by atoms with Crippen molar-refractivity contribution in [3.63, 3.8) is 0 Å². The van der Waals surface area contributed by atoms with Crippen molar-refractivity contribution in [2.75, 3.05) is 25.0 Å². The zero-order chi connectivity index (χ0) is 20.0. The van der Waals surface area contributed by atoms with E-state index in [2.05, 4.69) is 21.0 Å². The number of carbonyl (C=O) groups excluding carboxylic acids is 1. The molecule has 1 aromatic heterocycles. The summed E-state index contributed by atoms with van der Waals surface area (Å²) in [6.07, 6.45) is 1.75. The fourth-order valence-corrected chi connectivity index (χ4v) is 5.18. The molecule has 0 aliphatic carbocycles. The Hall–Kier alpha value is -2.25. The summed E-state index contributed by atoms with van der Waals surface area (Å²) in [5, 5.41) is 14.1. The Bertz CT molecular complexity index is 943. The van der Waals surface area contributed by atoms with Gasteiger partial charge in [0, 0.05) is 19.0 Å². The molecule has 0 unspecified atom stereocenters. The minimum Gasteiger partial charge on any atom is -0.317 e. The van der Waals surface area contributed by atoms with Gasteiger partial charge in [-0.2, -0.15) is 5.26 Å². The third kappa shape index (κ3) is 5.39. The number of rotatable bonds is 7. The van der Waals surface area contributed by atoms with E-state index >= 15 is 0 Å². The molecule has 2 N–H and O–H groups in total. The van der Waals surface area contributed by atoms with Crippen molar-refractivity contribution in [1.29, 1.82) is 5.26 Å². The van der Waals surface area contributed by atoms with E-state index in [0.717, 1.165) is 13.1 Å². The number of thiophene rings is 1. The van der Waals surface area contributed by atoms with E-state index in [0.29, 0.717) is 36.4 Å². The van der Waals surface area contributed by atoms with E-state index in [1.165, 1.54) is 11.3 Å². The van der Waals surface area contributed by atoms with Gasteiger partial charge in [0.2, 0.25) is 15.9 Å². The summed E-state index contributed by atoms with van der Waals surface area (Å²) < 4.78 is 27.6. The maximum Gasteiger partial charge on any atom is 0.240 e. The van der Waals surface area contributed by atoms with E-state index in [1.54, 1.807) is 41.8 Å². The number of amides is 1. The topological polar surface area (TPSA) is 102 Å². The number of anilines is 1. The highest BCUT2D eigenvalue weighted by atomic mass is 32.2. The lowest BCUT2D eigenvalue weighted by atomic mass is 10.1. The Labute approximate surface area is 169 Å². The lowest BCUT2D eigenvalue weighted by Gasteiger charge is -2.32. The van der Waals surface area contributed by atoms with Crippen LogP contribution >= 0.6 is 11.3 Å². The second kappa shape index (κ2) is 9.30. The first-order valence-electron chi connectivity index (χ1n) is 9.05. The van der Waals surface area contributed by atoms with Crippen LogP contribution in [-0.2, 0) is 14.8 Å². The molecule has 28 heavy (non-hydrogen) atoms. The fourth-order valence-electron chi connectivity index (χ4n) is 3.10. The number of nitriles is 1. The van der Waals surface area contributed by atoms with Crippen LogP contribution in [0.2, 0.25) is 0 Å². The van der Waals surface area contributed by atoms with Crippen LogP contribution in [-0.4, -0.2) is 44.9 Å². The Kier molecular flexibility index (Phi) is 6.80. The molecule has 148 valence electrons. The van der Waals surface area contributed by atoms with Crippen molar-refractivity contribution in [3.05, 3.63) is 47.3 Å². The summed E-state index contributed by atoms with van der Waals surface area (Å²) >= 11 is 1.33. The standard InChI is InChI=1S/C19H22N4O3S2/c20-14-15-9-13-27-19(15)21-18(24)8-12-23-10-6-16(7-11-23)22-28(25,26)17-4-2-1-3-5-17/h1-5,9,13,16,22H,6-8,10-12H2,(H,21,24). The van der Waals surface area contributed by atoms with E-state index in [-0.39, 0.29) is 16.8 Å². The smallest absolute Gasteiger partial charge is 0.240 e. The number of likely N-dealkylation sites (tertiary alicyclic amines) is 1.